The highest BCUT2D eigenvalue weighted by Crippen LogP contribution is 2.14. The van der Waals surface area contributed by atoms with E-state index < -0.39 is 6.10 Å². The lowest BCUT2D eigenvalue weighted by Gasteiger charge is -2.20. The number of nitrogens with zero attached hydrogens (tertiary/aromatic N) is 3. The maximum absolute atomic E-state index is 9.37. The second-order valence-corrected chi connectivity index (χ2v) is 4.35. The predicted octanol–water partition coefficient (Wildman–Crippen LogP) is 1.13. The summed E-state index contributed by atoms with van der Waals surface area (Å²) >= 11 is 0. The molecule has 0 amide bonds. The van der Waals surface area contributed by atoms with E-state index in [0.717, 1.165) is 24.5 Å². The molecule has 0 radical (unpaired) electrons. The molecule has 90 valence electrons. The van der Waals surface area contributed by atoms with E-state index >= 15 is 0 Å². The summed E-state index contributed by atoms with van der Waals surface area (Å²) in [6.07, 6.45) is 1.28. The Balaban J connectivity index is 2.59. The van der Waals surface area contributed by atoms with Crippen molar-refractivity contribution < 1.29 is 5.11 Å². The molecule has 0 spiro atoms. The highest BCUT2D eigenvalue weighted by Gasteiger charge is 2.05. The molecule has 0 aliphatic heterocycles. The van der Waals surface area contributed by atoms with Crippen LogP contribution >= 0.6 is 0 Å². The third-order valence-electron chi connectivity index (χ3n) is 2.53. The first-order valence-corrected chi connectivity index (χ1v) is 5.50. The number of likely N-dealkylation sites (N-methyl/N-ethyl adjacent to an activating group) is 2. The van der Waals surface area contributed by atoms with Crippen molar-refractivity contribution in [2.45, 2.75) is 13.0 Å². The van der Waals surface area contributed by atoms with Crippen LogP contribution in [0.25, 0.3) is 0 Å². The summed E-state index contributed by atoms with van der Waals surface area (Å²) < 4.78 is 0. The maximum Gasteiger partial charge on any atom is 0.128 e. The number of rotatable bonds is 5. The Bertz CT molecular complexity index is 309. The van der Waals surface area contributed by atoms with Crippen LogP contribution in [0.1, 0.15) is 18.6 Å². The van der Waals surface area contributed by atoms with Gasteiger partial charge in [0.25, 0.3) is 0 Å². The molecule has 0 saturated heterocycles. The molecule has 1 heterocycles. The Morgan fingerprint density at radius 2 is 1.94 bits per heavy atom. The van der Waals surface area contributed by atoms with E-state index in [9.17, 15) is 5.11 Å². The molecule has 16 heavy (non-hydrogen) atoms. The molecule has 0 bridgehead atoms. The van der Waals surface area contributed by atoms with E-state index in [0.29, 0.717) is 0 Å². The third-order valence-corrected chi connectivity index (χ3v) is 2.53. The van der Waals surface area contributed by atoms with Gasteiger partial charge in [0.2, 0.25) is 0 Å². The van der Waals surface area contributed by atoms with Crippen LogP contribution < -0.4 is 4.90 Å². The van der Waals surface area contributed by atoms with Gasteiger partial charge in [0, 0.05) is 26.3 Å². The van der Waals surface area contributed by atoms with Gasteiger partial charge in [-0.25, -0.2) is 4.98 Å². The van der Waals surface area contributed by atoms with Crippen molar-refractivity contribution in [3.63, 3.8) is 0 Å². The van der Waals surface area contributed by atoms with Gasteiger partial charge < -0.3 is 14.9 Å². The van der Waals surface area contributed by atoms with Crippen LogP contribution in [0.5, 0.6) is 0 Å². The van der Waals surface area contributed by atoms with Gasteiger partial charge >= 0.3 is 0 Å². The minimum absolute atomic E-state index is 0.450. The zero-order valence-corrected chi connectivity index (χ0v) is 10.5. The van der Waals surface area contributed by atoms with Crippen molar-refractivity contribution in [1.29, 1.82) is 0 Å². The Morgan fingerprint density at radius 3 is 2.38 bits per heavy atom. The van der Waals surface area contributed by atoms with Crippen molar-refractivity contribution in [3.8, 4) is 0 Å². The average Bonchev–Trinajstić information content (AvgIpc) is 2.26. The molecule has 4 heteroatoms. The van der Waals surface area contributed by atoms with Crippen molar-refractivity contribution >= 4 is 5.82 Å². The molecular weight excluding hydrogens is 202 g/mol. The summed E-state index contributed by atoms with van der Waals surface area (Å²) in [6, 6.07) is 3.86. The zero-order valence-electron chi connectivity index (χ0n) is 10.5. The van der Waals surface area contributed by atoms with Gasteiger partial charge in [-0.15, -0.1) is 0 Å². The molecule has 1 N–H and O–H groups in total. The smallest absolute Gasteiger partial charge is 0.128 e. The molecule has 0 aliphatic rings. The molecule has 0 aliphatic carbocycles. The Morgan fingerprint density at radius 1 is 1.25 bits per heavy atom. The lowest BCUT2D eigenvalue weighted by Crippen LogP contribution is -2.28. The van der Waals surface area contributed by atoms with Crippen molar-refractivity contribution in [3.05, 3.63) is 23.9 Å². The first-order chi connectivity index (χ1) is 7.50. The quantitative estimate of drug-likeness (QED) is 0.812. The molecule has 1 aromatic heterocycles. The molecule has 1 atom stereocenters. The third kappa shape index (κ3) is 3.79. The van der Waals surface area contributed by atoms with E-state index in [1.54, 1.807) is 13.1 Å². The topological polar surface area (TPSA) is 39.6 Å². The normalized spacial score (nSPS) is 12.9. The minimum Gasteiger partial charge on any atom is -0.389 e. The number of pyridine rings is 1. The molecule has 1 rings (SSSR count). The van der Waals surface area contributed by atoms with E-state index in [-0.39, 0.29) is 0 Å². The van der Waals surface area contributed by atoms with Crippen LogP contribution in [0.2, 0.25) is 0 Å². The van der Waals surface area contributed by atoms with Crippen LogP contribution in [0.4, 0.5) is 5.82 Å². The average molecular weight is 223 g/mol. The summed E-state index contributed by atoms with van der Waals surface area (Å²) in [4.78, 5) is 8.57. The van der Waals surface area contributed by atoms with Gasteiger partial charge in [-0.2, -0.15) is 0 Å². The van der Waals surface area contributed by atoms with Crippen molar-refractivity contribution in [1.82, 2.24) is 9.88 Å². The Kier molecular flexibility index (Phi) is 4.71. The fourth-order valence-corrected chi connectivity index (χ4v) is 1.33. The second kappa shape index (κ2) is 5.82. The summed E-state index contributed by atoms with van der Waals surface area (Å²) in [6.45, 7) is 3.68. The van der Waals surface area contributed by atoms with Crippen LogP contribution in [0.3, 0.4) is 0 Å². The maximum atomic E-state index is 9.37. The highest BCUT2D eigenvalue weighted by molar-refractivity contribution is 5.38. The fourth-order valence-electron chi connectivity index (χ4n) is 1.33. The highest BCUT2D eigenvalue weighted by atomic mass is 16.3. The van der Waals surface area contributed by atoms with E-state index in [1.165, 1.54) is 0 Å². The summed E-state index contributed by atoms with van der Waals surface area (Å²) in [7, 11) is 6.13. The molecule has 0 saturated carbocycles. The van der Waals surface area contributed by atoms with Crippen LogP contribution in [0.15, 0.2) is 18.3 Å². The van der Waals surface area contributed by atoms with E-state index in [1.807, 2.05) is 19.2 Å². The molecular formula is C12H21N3O. The lowest BCUT2D eigenvalue weighted by atomic mass is 10.2. The number of hydrogen-bond donors (Lipinski definition) is 1. The van der Waals surface area contributed by atoms with Crippen molar-refractivity contribution in [2.75, 3.05) is 39.1 Å². The summed E-state index contributed by atoms with van der Waals surface area (Å²) in [5, 5.41) is 9.37. The standard InChI is InChI=1S/C12H21N3O/c1-10(16)11-5-6-12(13-9-11)15(4)8-7-14(2)3/h5-6,9-10,16H,7-8H2,1-4H3/t10-/m0/s1. The van der Waals surface area contributed by atoms with Gasteiger partial charge in [-0.05, 0) is 32.6 Å². The lowest BCUT2D eigenvalue weighted by molar-refractivity contribution is 0.199. The number of aromatic nitrogens is 1. The number of aliphatic hydroxyl groups excluding tert-OH is 1. The number of hydrogen-bond acceptors (Lipinski definition) is 4. The second-order valence-electron chi connectivity index (χ2n) is 4.35. The largest absolute Gasteiger partial charge is 0.389 e. The molecule has 1 aromatic rings. The van der Waals surface area contributed by atoms with Gasteiger partial charge in [0.1, 0.15) is 5.82 Å². The monoisotopic (exact) mass is 223 g/mol. The van der Waals surface area contributed by atoms with E-state index in [4.69, 9.17) is 0 Å². The predicted molar refractivity (Wildman–Crippen MR) is 66.7 cm³/mol. The first-order valence-electron chi connectivity index (χ1n) is 5.50. The number of aliphatic hydroxyl groups is 1. The Hall–Kier alpha value is -1.13. The molecule has 0 fully saturated rings. The van der Waals surface area contributed by atoms with Gasteiger partial charge in [0.05, 0.1) is 6.10 Å². The Labute approximate surface area is 97.5 Å². The molecule has 4 nitrogen and oxygen atoms in total. The number of anilines is 1. The van der Waals surface area contributed by atoms with Crippen LogP contribution in [0, 0.1) is 0 Å². The summed E-state index contributed by atoms with van der Waals surface area (Å²) in [5.41, 5.74) is 0.852. The van der Waals surface area contributed by atoms with Crippen molar-refractivity contribution in [2.24, 2.45) is 0 Å². The SMILES string of the molecule is C[C@H](O)c1ccc(N(C)CCN(C)C)nc1. The zero-order chi connectivity index (χ0) is 12.1. The minimum atomic E-state index is -0.450. The van der Waals surface area contributed by atoms with E-state index in [2.05, 4.69) is 28.9 Å². The first kappa shape index (κ1) is 12.9. The molecule has 0 aromatic carbocycles. The van der Waals surface area contributed by atoms with Gasteiger partial charge in [-0.1, -0.05) is 6.07 Å². The van der Waals surface area contributed by atoms with Crippen LogP contribution in [-0.2, 0) is 0 Å². The fraction of sp³-hybridized carbons (Fsp3) is 0.583. The summed E-state index contributed by atoms with van der Waals surface area (Å²) in [5.74, 6) is 0.936. The van der Waals surface area contributed by atoms with Gasteiger partial charge in [-0.3, -0.25) is 0 Å². The van der Waals surface area contributed by atoms with Gasteiger partial charge in [0.15, 0.2) is 0 Å². The van der Waals surface area contributed by atoms with Crippen LogP contribution in [-0.4, -0.2) is 49.2 Å². The molecule has 0 unspecified atom stereocenters.